The second-order valence-corrected chi connectivity index (χ2v) is 4.80. The van der Waals surface area contributed by atoms with E-state index < -0.39 is 0 Å². The van der Waals surface area contributed by atoms with Crippen LogP contribution in [0.4, 0.5) is 0 Å². The van der Waals surface area contributed by atoms with Crippen LogP contribution in [0.25, 0.3) is 0 Å². The van der Waals surface area contributed by atoms with Crippen LogP contribution < -0.4 is 5.73 Å². The molecule has 1 aromatic carbocycles. The zero-order chi connectivity index (χ0) is 11.4. The molecule has 2 nitrogen and oxygen atoms in total. The van der Waals surface area contributed by atoms with Crippen LogP contribution in [0, 0.1) is 0 Å². The second-order valence-electron chi connectivity index (χ2n) is 4.80. The van der Waals surface area contributed by atoms with E-state index in [-0.39, 0.29) is 6.10 Å². The molecule has 1 saturated carbocycles. The van der Waals surface area contributed by atoms with Crippen molar-refractivity contribution >= 4 is 0 Å². The van der Waals surface area contributed by atoms with E-state index in [1.807, 2.05) is 0 Å². The van der Waals surface area contributed by atoms with E-state index in [1.165, 1.54) is 11.1 Å². The average molecular weight is 219 g/mol. The number of benzene rings is 1. The molecule has 0 bridgehead atoms. The van der Waals surface area contributed by atoms with Crippen molar-refractivity contribution in [3.05, 3.63) is 35.4 Å². The molecule has 0 aliphatic heterocycles. The van der Waals surface area contributed by atoms with Gasteiger partial charge in [-0.25, -0.2) is 0 Å². The number of rotatable bonds is 4. The quantitative estimate of drug-likeness (QED) is 0.815. The number of aryl methyl sites for hydroxylation is 1. The molecule has 1 fully saturated rings. The van der Waals surface area contributed by atoms with E-state index in [9.17, 15) is 5.11 Å². The summed E-state index contributed by atoms with van der Waals surface area (Å²) in [5.41, 5.74) is 8.24. The van der Waals surface area contributed by atoms with Crippen molar-refractivity contribution in [2.45, 2.75) is 44.1 Å². The smallest absolute Gasteiger partial charge is 0.0546 e. The van der Waals surface area contributed by atoms with Crippen LogP contribution >= 0.6 is 0 Å². The summed E-state index contributed by atoms with van der Waals surface area (Å²) in [6.07, 6.45) is 5.07. The normalized spacial score (nSPS) is 24.9. The van der Waals surface area contributed by atoms with Gasteiger partial charge >= 0.3 is 0 Å². The van der Waals surface area contributed by atoms with Crippen molar-refractivity contribution in [3.63, 3.8) is 0 Å². The summed E-state index contributed by atoms with van der Waals surface area (Å²) < 4.78 is 0. The Balaban J connectivity index is 1.96. The van der Waals surface area contributed by atoms with Gasteiger partial charge in [0.2, 0.25) is 0 Å². The molecular formula is C14H21NO. The molecular weight excluding hydrogens is 198 g/mol. The second kappa shape index (κ2) is 5.46. The molecule has 0 aromatic heterocycles. The third-order valence-electron chi connectivity index (χ3n) is 3.53. The highest BCUT2D eigenvalue weighted by Crippen LogP contribution is 2.34. The van der Waals surface area contributed by atoms with Gasteiger partial charge in [-0.2, -0.15) is 0 Å². The molecule has 88 valence electrons. The summed E-state index contributed by atoms with van der Waals surface area (Å²) >= 11 is 0. The Morgan fingerprint density at radius 3 is 2.50 bits per heavy atom. The van der Waals surface area contributed by atoms with E-state index in [2.05, 4.69) is 24.3 Å². The van der Waals surface area contributed by atoms with Crippen LogP contribution in [0.1, 0.15) is 42.7 Å². The minimum atomic E-state index is -0.0816. The first-order valence-electron chi connectivity index (χ1n) is 6.26. The number of hydrogen-bond acceptors (Lipinski definition) is 2. The highest BCUT2D eigenvalue weighted by atomic mass is 16.3. The van der Waals surface area contributed by atoms with Crippen LogP contribution in [-0.4, -0.2) is 17.8 Å². The predicted molar refractivity (Wildman–Crippen MR) is 66.4 cm³/mol. The molecule has 2 unspecified atom stereocenters. The van der Waals surface area contributed by atoms with Gasteiger partial charge < -0.3 is 10.8 Å². The zero-order valence-electron chi connectivity index (χ0n) is 9.73. The van der Waals surface area contributed by atoms with E-state index in [4.69, 9.17) is 5.73 Å². The average Bonchev–Trinajstić information content (AvgIpc) is 2.74. The first kappa shape index (κ1) is 11.6. The lowest BCUT2D eigenvalue weighted by Crippen LogP contribution is -2.01. The van der Waals surface area contributed by atoms with Crippen LogP contribution in [0.3, 0.4) is 0 Å². The molecule has 1 aliphatic rings. The third-order valence-corrected chi connectivity index (χ3v) is 3.53. The van der Waals surface area contributed by atoms with Crippen LogP contribution in [0.15, 0.2) is 24.3 Å². The van der Waals surface area contributed by atoms with E-state index in [1.54, 1.807) is 0 Å². The molecule has 0 spiro atoms. The molecule has 0 amide bonds. The molecule has 0 radical (unpaired) electrons. The summed E-state index contributed by atoms with van der Waals surface area (Å²) in [6.45, 7) is 0.760. The largest absolute Gasteiger partial charge is 0.393 e. The van der Waals surface area contributed by atoms with Gasteiger partial charge in [0.1, 0.15) is 0 Å². The Kier molecular flexibility index (Phi) is 3.97. The first-order chi connectivity index (χ1) is 7.79. The van der Waals surface area contributed by atoms with Gasteiger partial charge in [-0.15, -0.1) is 0 Å². The lowest BCUT2D eigenvalue weighted by atomic mass is 9.96. The van der Waals surface area contributed by atoms with Gasteiger partial charge in [0.05, 0.1) is 6.10 Å². The van der Waals surface area contributed by atoms with Gasteiger partial charge in [-0.1, -0.05) is 24.3 Å². The van der Waals surface area contributed by atoms with E-state index in [0.29, 0.717) is 5.92 Å². The fourth-order valence-corrected chi connectivity index (χ4v) is 2.52. The van der Waals surface area contributed by atoms with Crippen LogP contribution in [0.5, 0.6) is 0 Å². The fourth-order valence-electron chi connectivity index (χ4n) is 2.52. The van der Waals surface area contributed by atoms with E-state index >= 15 is 0 Å². The summed E-state index contributed by atoms with van der Waals surface area (Å²) in [5, 5.41) is 9.52. The minimum Gasteiger partial charge on any atom is -0.393 e. The predicted octanol–water partition coefficient (Wildman–Crippen LogP) is 2.21. The number of aliphatic hydroxyl groups is 1. The molecule has 2 rings (SSSR count). The topological polar surface area (TPSA) is 46.2 Å². The molecule has 1 aromatic rings. The minimum absolute atomic E-state index is 0.0816. The molecule has 2 heteroatoms. The Morgan fingerprint density at radius 1 is 1.19 bits per heavy atom. The fraction of sp³-hybridized carbons (Fsp3) is 0.571. The van der Waals surface area contributed by atoms with Crippen LogP contribution in [-0.2, 0) is 6.42 Å². The maximum absolute atomic E-state index is 9.52. The summed E-state index contributed by atoms with van der Waals surface area (Å²) in [5.74, 6) is 0.568. The monoisotopic (exact) mass is 219 g/mol. The number of hydrogen-bond donors (Lipinski definition) is 2. The highest BCUT2D eigenvalue weighted by molar-refractivity contribution is 5.26. The van der Waals surface area contributed by atoms with Crippen molar-refractivity contribution in [1.29, 1.82) is 0 Å². The van der Waals surface area contributed by atoms with Crippen molar-refractivity contribution in [2.24, 2.45) is 5.73 Å². The van der Waals surface area contributed by atoms with Gasteiger partial charge in [-0.05, 0) is 55.7 Å². The molecule has 0 heterocycles. The lowest BCUT2D eigenvalue weighted by molar-refractivity contribution is 0.181. The van der Waals surface area contributed by atoms with Crippen molar-refractivity contribution in [2.75, 3.05) is 6.54 Å². The SMILES string of the molecule is NCCCc1ccc(C2CCC(O)C2)cc1. The maximum Gasteiger partial charge on any atom is 0.0546 e. The first-order valence-corrected chi connectivity index (χ1v) is 6.26. The Bertz CT molecular complexity index is 320. The Morgan fingerprint density at radius 2 is 1.94 bits per heavy atom. The van der Waals surface area contributed by atoms with Crippen molar-refractivity contribution in [1.82, 2.24) is 0 Å². The molecule has 3 N–H and O–H groups in total. The molecule has 0 saturated heterocycles. The van der Waals surface area contributed by atoms with Gasteiger partial charge in [0.15, 0.2) is 0 Å². The van der Waals surface area contributed by atoms with Gasteiger partial charge in [0, 0.05) is 0 Å². The Hall–Kier alpha value is -0.860. The van der Waals surface area contributed by atoms with Crippen molar-refractivity contribution < 1.29 is 5.11 Å². The Labute approximate surface area is 97.5 Å². The summed E-state index contributed by atoms with van der Waals surface area (Å²) in [7, 11) is 0. The van der Waals surface area contributed by atoms with Crippen molar-refractivity contribution in [3.8, 4) is 0 Å². The van der Waals surface area contributed by atoms with E-state index in [0.717, 1.165) is 38.6 Å². The number of nitrogens with two attached hydrogens (primary N) is 1. The number of aliphatic hydroxyl groups excluding tert-OH is 1. The van der Waals surface area contributed by atoms with Gasteiger partial charge in [0.25, 0.3) is 0 Å². The third kappa shape index (κ3) is 2.83. The molecule has 16 heavy (non-hydrogen) atoms. The summed E-state index contributed by atoms with van der Waals surface area (Å²) in [6, 6.07) is 8.84. The standard InChI is InChI=1S/C14H21NO/c15-9-1-2-11-3-5-12(6-4-11)13-7-8-14(16)10-13/h3-6,13-14,16H,1-2,7-10,15H2. The van der Waals surface area contributed by atoms with Gasteiger partial charge in [-0.3, -0.25) is 0 Å². The summed E-state index contributed by atoms with van der Waals surface area (Å²) in [4.78, 5) is 0. The highest BCUT2D eigenvalue weighted by Gasteiger charge is 2.23. The molecule has 1 aliphatic carbocycles. The zero-order valence-corrected chi connectivity index (χ0v) is 9.73. The lowest BCUT2D eigenvalue weighted by Gasteiger charge is -2.10. The maximum atomic E-state index is 9.52. The molecule has 2 atom stereocenters. The van der Waals surface area contributed by atoms with Crippen LogP contribution in [0.2, 0.25) is 0 Å².